The average Bonchev–Trinajstić information content (AvgIpc) is 3.00. The zero-order chi connectivity index (χ0) is 26.7. The molecule has 0 bridgehead atoms. The third-order valence-electron chi connectivity index (χ3n) is 7.01. The molecule has 39 heavy (non-hydrogen) atoms. The highest BCUT2D eigenvalue weighted by molar-refractivity contribution is 7.98. The molecule has 5 aromatic carbocycles. The van der Waals surface area contributed by atoms with Gasteiger partial charge in [0.05, 0.1) is 6.61 Å². The van der Waals surface area contributed by atoms with E-state index in [1.807, 2.05) is 55.5 Å². The molecule has 0 amide bonds. The summed E-state index contributed by atoms with van der Waals surface area (Å²) in [7, 11) is -2.40. The van der Waals surface area contributed by atoms with Gasteiger partial charge in [0, 0.05) is 5.39 Å². The van der Waals surface area contributed by atoms with Crippen LogP contribution in [0, 0.1) is 0 Å². The van der Waals surface area contributed by atoms with Gasteiger partial charge in [0.2, 0.25) is 0 Å². The molecule has 4 heteroatoms. The predicted molar refractivity (Wildman–Crippen MR) is 165 cm³/mol. The van der Waals surface area contributed by atoms with E-state index < -0.39 is 12.9 Å². The van der Waals surface area contributed by atoms with Gasteiger partial charge in [0.15, 0.2) is 5.76 Å². The van der Waals surface area contributed by atoms with Gasteiger partial charge >= 0.3 is 5.63 Å². The van der Waals surface area contributed by atoms with Crippen LogP contribution in [0.4, 0.5) is 0 Å². The number of ether oxygens (including phenoxy) is 1. The lowest BCUT2D eigenvalue weighted by Crippen LogP contribution is -2.30. The largest absolute Gasteiger partial charge is 0.489 e. The van der Waals surface area contributed by atoms with E-state index in [2.05, 4.69) is 90.7 Å². The molecule has 190 valence electrons. The van der Waals surface area contributed by atoms with Crippen LogP contribution in [0.3, 0.4) is 0 Å². The minimum atomic E-state index is -2.40. The highest BCUT2D eigenvalue weighted by Crippen LogP contribution is 2.58. The lowest BCUT2D eigenvalue weighted by atomic mass is 10.0. The van der Waals surface area contributed by atoms with Crippen LogP contribution < -0.4 is 21.5 Å². The Labute approximate surface area is 228 Å². The van der Waals surface area contributed by atoms with Crippen molar-refractivity contribution in [2.24, 2.45) is 0 Å². The summed E-state index contributed by atoms with van der Waals surface area (Å²) in [6.45, 7) is 2.36. The molecule has 0 saturated heterocycles. The normalized spacial score (nSPS) is 12.1. The van der Waals surface area contributed by atoms with E-state index in [1.165, 1.54) is 15.9 Å². The molecule has 1 heterocycles. The highest BCUT2D eigenvalue weighted by Gasteiger charge is 2.45. The summed E-state index contributed by atoms with van der Waals surface area (Å²) < 4.78 is 12.2. The minimum absolute atomic E-state index is 0.412. The molecule has 6 aromatic rings. The van der Waals surface area contributed by atoms with E-state index >= 15 is 0 Å². The standard InChI is InChI=1S/C35H28O3P/c1-2-37-34(32-24-31-30-21-13-12-14-26(30)22-23-33(31)38-35(32)36)25-39(27-15-6-3-7-16-27,28-17-8-4-9-18-28)29-19-10-5-11-20-29/h3-25H,2H2,1H3/q+1/b34-25-. The molecule has 6 rings (SSSR count). The van der Waals surface area contributed by atoms with E-state index in [0.29, 0.717) is 23.5 Å². The van der Waals surface area contributed by atoms with E-state index in [9.17, 15) is 4.79 Å². The predicted octanol–water partition coefficient (Wildman–Crippen LogP) is 7.28. The van der Waals surface area contributed by atoms with E-state index in [1.54, 1.807) is 0 Å². The third-order valence-corrected chi connectivity index (χ3v) is 11.0. The van der Waals surface area contributed by atoms with Gasteiger partial charge in [0.25, 0.3) is 0 Å². The van der Waals surface area contributed by atoms with Gasteiger partial charge in [-0.05, 0) is 66.2 Å². The van der Waals surface area contributed by atoms with E-state index in [-0.39, 0.29) is 0 Å². The van der Waals surface area contributed by atoms with Crippen molar-refractivity contribution >= 4 is 50.7 Å². The van der Waals surface area contributed by atoms with Crippen LogP contribution in [0.5, 0.6) is 0 Å². The summed E-state index contributed by atoms with van der Waals surface area (Å²) in [5.41, 5.74) is 0.575. The first-order valence-corrected chi connectivity index (χ1v) is 14.9. The quantitative estimate of drug-likeness (QED) is 0.0948. The molecule has 0 saturated carbocycles. The highest BCUT2D eigenvalue weighted by atomic mass is 31.2. The Morgan fingerprint density at radius 1 is 0.692 bits per heavy atom. The Hall–Kier alpha value is -4.46. The van der Waals surface area contributed by atoms with Gasteiger partial charge in [-0.2, -0.15) is 0 Å². The fraction of sp³-hybridized carbons (Fsp3) is 0.0571. The second-order valence-electron chi connectivity index (χ2n) is 9.30. The monoisotopic (exact) mass is 527 g/mol. The zero-order valence-electron chi connectivity index (χ0n) is 21.7. The molecule has 1 aromatic heterocycles. The van der Waals surface area contributed by atoms with E-state index in [0.717, 1.165) is 16.2 Å². The molecular formula is C35H28O3P+. The van der Waals surface area contributed by atoms with Crippen LogP contribution in [0.1, 0.15) is 12.5 Å². The Balaban J connectivity index is 1.70. The van der Waals surface area contributed by atoms with Crippen LogP contribution >= 0.6 is 7.26 Å². The SMILES string of the molecule is CCO/C(=C\[P+](c1ccccc1)(c1ccccc1)c1ccccc1)c1cc2c(ccc3ccccc32)oc1=O. The molecular weight excluding hydrogens is 499 g/mol. The first kappa shape index (κ1) is 24.9. The van der Waals surface area contributed by atoms with Crippen molar-refractivity contribution in [2.45, 2.75) is 6.92 Å². The summed E-state index contributed by atoms with van der Waals surface area (Å²) in [6, 6.07) is 45.5. The van der Waals surface area contributed by atoms with Crippen LogP contribution in [-0.4, -0.2) is 6.61 Å². The summed E-state index contributed by atoms with van der Waals surface area (Å²) in [4.78, 5) is 13.5. The van der Waals surface area contributed by atoms with Crippen LogP contribution in [0.2, 0.25) is 0 Å². The summed E-state index contributed by atoms with van der Waals surface area (Å²) >= 11 is 0. The van der Waals surface area contributed by atoms with Gasteiger partial charge in [-0.15, -0.1) is 0 Å². The Morgan fingerprint density at radius 3 is 1.79 bits per heavy atom. The van der Waals surface area contributed by atoms with Gasteiger partial charge in [0.1, 0.15) is 40.1 Å². The number of hydrogen-bond donors (Lipinski definition) is 0. The zero-order valence-corrected chi connectivity index (χ0v) is 22.6. The van der Waals surface area contributed by atoms with Crippen LogP contribution in [-0.2, 0) is 4.74 Å². The van der Waals surface area contributed by atoms with Crippen molar-refractivity contribution in [3.8, 4) is 0 Å². The van der Waals surface area contributed by atoms with Gasteiger partial charge in [-0.3, -0.25) is 0 Å². The summed E-state index contributed by atoms with van der Waals surface area (Å²) in [5, 5.41) is 6.54. The van der Waals surface area contributed by atoms with Crippen molar-refractivity contribution in [1.29, 1.82) is 0 Å². The van der Waals surface area contributed by atoms with Crippen molar-refractivity contribution < 1.29 is 9.15 Å². The fourth-order valence-electron chi connectivity index (χ4n) is 5.22. The van der Waals surface area contributed by atoms with Crippen molar-refractivity contribution in [3.05, 3.63) is 155 Å². The molecule has 0 aliphatic carbocycles. The Morgan fingerprint density at radius 2 is 1.23 bits per heavy atom. The van der Waals surface area contributed by atoms with Crippen LogP contribution in [0.15, 0.2) is 148 Å². The molecule has 0 N–H and O–H groups in total. The lowest BCUT2D eigenvalue weighted by molar-refractivity contribution is 0.297. The average molecular weight is 528 g/mol. The number of benzene rings is 5. The van der Waals surface area contributed by atoms with Gasteiger partial charge in [-0.1, -0.05) is 84.9 Å². The molecule has 0 aliphatic heterocycles. The van der Waals surface area contributed by atoms with E-state index in [4.69, 9.17) is 9.15 Å². The minimum Gasteiger partial charge on any atom is -0.489 e. The third kappa shape index (κ3) is 4.56. The van der Waals surface area contributed by atoms with Crippen molar-refractivity contribution in [3.63, 3.8) is 0 Å². The smallest absolute Gasteiger partial charge is 0.347 e. The topological polar surface area (TPSA) is 39.4 Å². The fourth-order valence-corrected chi connectivity index (χ4v) is 9.05. The molecule has 0 aliphatic rings. The molecule has 0 radical (unpaired) electrons. The second-order valence-corrected chi connectivity index (χ2v) is 12.6. The first-order valence-electron chi connectivity index (χ1n) is 13.1. The Kier molecular flexibility index (Phi) is 6.84. The molecule has 0 fully saturated rings. The maximum atomic E-state index is 13.5. The molecule has 0 atom stereocenters. The van der Waals surface area contributed by atoms with Gasteiger partial charge < -0.3 is 9.15 Å². The number of rotatable bonds is 7. The second kappa shape index (κ2) is 10.7. The summed E-state index contributed by atoms with van der Waals surface area (Å²) in [6.07, 6.45) is 0. The maximum Gasteiger partial charge on any atom is 0.347 e. The van der Waals surface area contributed by atoms with Gasteiger partial charge in [-0.25, -0.2) is 4.79 Å². The van der Waals surface area contributed by atoms with Crippen LogP contribution in [0.25, 0.3) is 27.5 Å². The lowest BCUT2D eigenvalue weighted by Gasteiger charge is -2.25. The molecule has 0 unspecified atom stereocenters. The molecule has 3 nitrogen and oxygen atoms in total. The Bertz CT molecular complexity index is 1730. The van der Waals surface area contributed by atoms with Crippen molar-refractivity contribution in [2.75, 3.05) is 6.61 Å². The molecule has 0 spiro atoms. The first-order chi connectivity index (χ1) is 19.2. The number of hydrogen-bond acceptors (Lipinski definition) is 3. The maximum absolute atomic E-state index is 13.5. The van der Waals surface area contributed by atoms with Crippen molar-refractivity contribution in [1.82, 2.24) is 0 Å². The summed E-state index contributed by atoms with van der Waals surface area (Å²) in [5.74, 6) is 2.73. The number of fused-ring (bicyclic) bond motifs is 3.